The van der Waals surface area contributed by atoms with Crippen LogP contribution >= 0.6 is 0 Å². The average molecular weight is 279 g/mol. The quantitative estimate of drug-likeness (QED) is 0.674. The number of nitro groups is 1. The third kappa shape index (κ3) is 2.96. The van der Waals surface area contributed by atoms with Gasteiger partial charge in [-0.15, -0.1) is 0 Å². The SMILES string of the molecule is Cc1cnc(CN2CCC(O)C(C)C2)c(C)c1[N+](=O)[O-]. The monoisotopic (exact) mass is 279 g/mol. The van der Waals surface area contributed by atoms with Crippen LogP contribution in [0.3, 0.4) is 0 Å². The van der Waals surface area contributed by atoms with E-state index in [1.807, 2.05) is 6.92 Å². The molecule has 1 saturated heterocycles. The van der Waals surface area contributed by atoms with Gasteiger partial charge in [0.1, 0.15) is 0 Å². The van der Waals surface area contributed by atoms with Crippen LogP contribution in [0.4, 0.5) is 5.69 Å². The van der Waals surface area contributed by atoms with E-state index in [-0.39, 0.29) is 22.6 Å². The summed E-state index contributed by atoms with van der Waals surface area (Å²) in [5.41, 5.74) is 2.17. The molecule has 1 aliphatic heterocycles. The Hall–Kier alpha value is -1.53. The fourth-order valence-electron chi connectivity index (χ4n) is 2.78. The van der Waals surface area contributed by atoms with Gasteiger partial charge >= 0.3 is 0 Å². The molecule has 1 N–H and O–H groups in total. The van der Waals surface area contributed by atoms with Crippen molar-refractivity contribution in [3.05, 3.63) is 33.1 Å². The number of hydrogen-bond acceptors (Lipinski definition) is 5. The van der Waals surface area contributed by atoms with Gasteiger partial charge in [0.25, 0.3) is 5.69 Å². The minimum atomic E-state index is -0.335. The first kappa shape index (κ1) is 14.9. The maximum absolute atomic E-state index is 11.1. The van der Waals surface area contributed by atoms with Crippen LogP contribution in [-0.4, -0.2) is 39.1 Å². The van der Waals surface area contributed by atoms with Crippen LogP contribution < -0.4 is 0 Å². The summed E-state index contributed by atoms with van der Waals surface area (Å²) < 4.78 is 0. The van der Waals surface area contributed by atoms with E-state index in [4.69, 9.17) is 0 Å². The van der Waals surface area contributed by atoms with E-state index < -0.39 is 0 Å². The van der Waals surface area contributed by atoms with Gasteiger partial charge in [-0.1, -0.05) is 6.92 Å². The van der Waals surface area contributed by atoms with Crippen LogP contribution in [0.5, 0.6) is 0 Å². The summed E-state index contributed by atoms with van der Waals surface area (Å²) in [4.78, 5) is 17.3. The molecule has 0 aromatic carbocycles. The average Bonchev–Trinajstić information content (AvgIpc) is 2.37. The van der Waals surface area contributed by atoms with Crippen LogP contribution in [0.2, 0.25) is 0 Å². The Morgan fingerprint density at radius 3 is 2.85 bits per heavy atom. The lowest BCUT2D eigenvalue weighted by atomic mass is 9.96. The molecule has 1 fully saturated rings. The van der Waals surface area contributed by atoms with Crippen molar-refractivity contribution < 1.29 is 10.0 Å². The molecule has 2 rings (SSSR count). The number of rotatable bonds is 3. The molecule has 1 aliphatic rings. The summed E-state index contributed by atoms with van der Waals surface area (Å²) in [7, 11) is 0. The smallest absolute Gasteiger partial charge is 0.278 e. The number of aliphatic hydroxyl groups excluding tert-OH is 1. The molecule has 0 aliphatic carbocycles. The van der Waals surface area contributed by atoms with Crippen LogP contribution in [0.25, 0.3) is 0 Å². The van der Waals surface area contributed by atoms with Crippen molar-refractivity contribution in [1.82, 2.24) is 9.88 Å². The van der Waals surface area contributed by atoms with Gasteiger partial charge in [0.2, 0.25) is 0 Å². The molecule has 0 saturated carbocycles. The first-order chi connectivity index (χ1) is 9.40. The van der Waals surface area contributed by atoms with Crippen LogP contribution in [0.15, 0.2) is 6.20 Å². The van der Waals surface area contributed by atoms with Crippen molar-refractivity contribution in [3.8, 4) is 0 Å². The Balaban J connectivity index is 2.18. The third-order valence-electron chi connectivity index (χ3n) is 4.08. The van der Waals surface area contributed by atoms with Crippen molar-refractivity contribution in [2.24, 2.45) is 5.92 Å². The Morgan fingerprint density at radius 1 is 1.55 bits per heavy atom. The standard InChI is InChI=1S/C14H21N3O3/c1-9-6-15-12(11(3)14(9)17(19)20)8-16-5-4-13(18)10(2)7-16/h6,10,13,18H,4-5,7-8H2,1-3H3. The van der Waals surface area contributed by atoms with Gasteiger partial charge in [-0.05, 0) is 26.2 Å². The van der Waals surface area contributed by atoms with Crippen molar-refractivity contribution in [2.75, 3.05) is 13.1 Å². The van der Waals surface area contributed by atoms with Crippen LogP contribution in [0.1, 0.15) is 30.2 Å². The number of likely N-dealkylation sites (tertiary alicyclic amines) is 1. The maximum atomic E-state index is 11.1. The van der Waals surface area contributed by atoms with Gasteiger partial charge in [0, 0.05) is 37.0 Å². The fraction of sp³-hybridized carbons (Fsp3) is 0.643. The number of aromatic nitrogens is 1. The van der Waals surface area contributed by atoms with Crippen molar-refractivity contribution in [1.29, 1.82) is 0 Å². The van der Waals surface area contributed by atoms with Crippen LogP contribution in [0, 0.1) is 29.9 Å². The summed E-state index contributed by atoms with van der Waals surface area (Å²) in [6, 6.07) is 0. The van der Waals surface area contributed by atoms with Gasteiger partial charge in [-0.3, -0.25) is 20.0 Å². The minimum Gasteiger partial charge on any atom is -0.393 e. The lowest BCUT2D eigenvalue weighted by Gasteiger charge is -2.34. The van der Waals surface area contributed by atoms with Gasteiger partial charge in [0.05, 0.1) is 16.7 Å². The predicted molar refractivity (Wildman–Crippen MR) is 75.4 cm³/mol. The van der Waals surface area contributed by atoms with Crippen molar-refractivity contribution in [2.45, 2.75) is 39.8 Å². The number of piperidine rings is 1. The van der Waals surface area contributed by atoms with Gasteiger partial charge in [-0.2, -0.15) is 0 Å². The second-order valence-electron chi connectivity index (χ2n) is 5.69. The molecule has 0 radical (unpaired) electrons. The number of hydrogen-bond donors (Lipinski definition) is 1. The predicted octanol–water partition coefficient (Wildman–Crippen LogP) is 1.81. The van der Waals surface area contributed by atoms with E-state index >= 15 is 0 Å². The topological polar surface area (TPSA) is 79.5 Å². The number of pyridine rings is 1. The molecule has 2 unspecified atom stereocenters. The zero-order valence-electron chi connectivity index (χ0n) is 12.2. The molecule has 0 bridgehead atoms. The van der Waals surface area contributed by atoms with Gasteiger partial charge in [0.15, 0.2) is 0 Å². The first-order valence-electron chi connectivity index (χ1n) is 6.90. The molecular weight excluding hydrogens is 258 g/mol. The van der Waals surface area contributed by atoms with E-state index in [2.05, 4.69) is 9.88 Å². The molecular formula is C14H21N3O3. The Bertz CT molecular complexity index is 519. The summed E-state index contributed by atoms with van der Waals surface area (Å²) in [5, 5.41) is 20.9. The molecule has 2 heterocycles. The molecule has 110 valence electrons. The van der Waals surface area contributed by atoms with Crippen molar-refractivity contribution in [3.63, 3.8) is 0 Å². The van der Waals surface area contributed by atoms with Gasteiger partial charge in [-0.25, -0.2) is 0 Å². The molecule has 1 aromatic rings. The molecule has 0 amide bonds. The van der Waals surface area contributed by atoms with E-state index in [0.29, 0.717) is 17.7 Å². The van der Waals surface area contributed by atoms with E-state index in [1.54, 1.807) is 20.0 Å². The minimum absolute atomic E-state index is 0.167. The molecule has 2 atom stereocenters. The number of aryl methyl sites for hydroxylation is 1. The highest BCUT2D eigenvalue weighted by atomic mass is 16.6. The van der Waals surface area contributed by atoms with E-state index in [9.17, 15) is 15.2 Å². The number of nitrogens with zero attached hydrogens (tertiary/aromatic N) is 3. The molecule has 20 heavy (non-hydrogen) atoms. The van der Waals surface area contributed by atoms with Gasteiger partial charge < -0.3 is 5.11 Å². The first-order valence-corrected chi connectivity index (χ1v) is 6.90. The summed E-state index contributed by atoms with van der Waals surface area (Å²) in [5.74, 6) is 0.226. The summed E-state index contributed by atoms with van der Waals surface area (Å²) >= 11 is 0. The Labute approximate surface area is 118 Å². The fourth-order valence-corrected chi connectivity index (χ4v) is 2.78. The highest BCUT2D eigenvalue weighted by Crippen LogP contribution is 2.26. The number of aliphatic hydroxyl groups is 1. The lowest BCUT2D eigenvalue weighted by molar-refractivity contribution is -0.386. The lowest BCUT2D eigenvalue weighted by Crippen LogP contribution is -2.41. The summed E-state index contributed by atoms with van der Waals surface area (Å²) in [6.45, 7) is 7.69. The molecule has 0 spiro atoms. The molecule has 6 heteroatoms. The van der Waals surface area contributed by atoms with E-state index in [0.717, 1.165) is 25.2 Å². The zero-order valence-corrected chi connectivity index (χ0v) is 12.2. The zero-order chi connectivity index (χ0) is 14.9. The second-order valence-corrected chi connectivity index (χ2v) is 5.69. The Morgan fingerprint density at radius 2 is 2.25 bits per heavy atom. The third-order valence-corrected chi connectivity index (χ3v) is 4.08. The molecule has 1 aromatic heterocycles. The molecule has 6 nitrogen and oxygen atoms in total. The highest BCUT2D eigenvalue weighted by Gasteiger charge is 2.26. The maximum Gasteiger partial charge on any atom is 0.278 e. The van der Waals surface area contributed by atoms with Crippen LogP contribution in [-0.2, 0) is 6.54 Å². The second kappa shape index (κ2) is 5.85. The van der Waals surface area contributed by atoms with E-state index in [1.165, 1.54) is 0 Å². The normalized spacial score (nSPS) is 23.8. The largest absolute Gasteiger partial charge is 0.393 e. The highest BCUT2D eigenvalue weighted by molar-refractivity contribution is 5.47. The Kier molecular flexibility index (Phi) is 4.35. The summed E-state index contributed by atoms with van der Waals surface area (Å²) in [6.07, 6.45) is 2.07. The van der Waals surface area contributed by atoms with Crippen molar-refractivity contribution >= 4 is 5.69 Å².